The molecule has 0 aliphatic rings. The maximum atomic E-state index is 2.18. The third-order valence-corrected chi connectivity index (χ3v) is 4.79. The van der Waals surface area contributed by atoms with Gasteiger partial charge >= 0.3 is 25.8 Å². The average Bonchev–Trinajstić information content (AvgIpc) is 3.25. The van der Waals surface area contributed by atoms with E-state index in [1.165, 1.54) is 44.5 Å². The van der Waals surface area contributed by atoms with Gasteiger partial charge in [0, 0.05) is 0 Å². The van der Waals surface area contributed by atoms with Gasteiger partial charge in [0.05, 0.1) is 0 Å². The Bertz CT molecular complexity index is 879. The predicted octanol–water partition coefficient (Wildman–Crippen LogP) is 1.38. The van der Waals surface area contributed by atoms with Crippen molar-refractivity contribution in [2.45, 2.75) is 27.7 Å². The van der Waals surface area contributed by atoms with Crippen LogP contribution in [0.5, 0.6) is 0 Å². The molecule has 0 aliphatic carbocycles. The van der Waals surface area contributed by atoms with Crippen molar-refractivity contribution in [1.29, 1.82) is 0 Å². The molecule has 148 valence electrons. The summed E-state index contributed by atoms with van der Waals surface area (Å²) in [5.41, 5.74) is 10.6. The number of aryl methyl sites for hydroxylation is 4. The SMILES string of the molecule is Cc1ccc(-[c-]2cccc2C)cc1.Cc1ccc(-[c-]2cccc2C)cc1.[Cl-].[Cl-].[Hf+4]. The Balaban J connectivity index is 0.000000490. The molecule has 0 heterocycles. The van der Waals surface area contributed by atoms with E-state index in [9.17, 15) is 0 Å². The number of benzene rings is 2. The molecule has 0 aliphatic heterocycles. The number of halogens is 2. The molecule has 29 heavy (non-hydrogen) atoms. The summed E-state index contributed by atoms with van der Waals surface area (Å²) in [7, 11) is 0. The molecule has 0 aromatic heterocycles. The molecule has 0 radical (unpaired) electrons. The molecule has 0 fully saturated rings. The van der Waals surface area contributed by atoms with Gasteiger partial charge in [-0.05, 0) is 13.8 Å². The molecule has 0 unspecified atom stereocenters. The summed E-state index contributed by atoms with van der Waals surface area (Å²) in [5, 5.41) is 0. The van der Waals surface area contributed by atoms with Crippen molar-refractivity contribution in [2.24, 2.45) is 0 Å². The van der Waals surface area contributed by atoms with Crippen molar-refractivity contribution in [3.63, 3.8) is 0 Å². The Morgan fingerprint density at radius 2 is 0.793 bits per heavy atom. The first-order valence-electron chi connectivity index (χ1n) is 9.13. The summed E-state index contributed by atoms with van der Waals surface area (Å²) in [5.74, 6) is 0. The fourth-order valence-electron chi connectivity index (χ4n) is 3.13. The Hall–Kier alpha value is -1.41. The molecule has 0 saturated carbocycles. The van der Waals surface area contributed by atoms with Crippen LogP contribution in [-0.4, -0.2) is 0 Å². The topological polar surface area (TPSA) is 0 Å². The zero-order valence-corrected chi connectivity index (χ0v) is 22.4. The van der Waals surface area contributed by atoms with E-state index in [0.717, 1.165) is 0 Å². The van der Waals surface area contributed by atoms with Gasteiger partial charge < -0.3 is 24.8 Å². The minimum absolute atomic E-state index is 0. The Morgan fingerprint density at radius 3 is 1.03 bits per heavy atom. The van der Waals surface area contributed by atoms with Crippen molar-refractivity contribution < 1.29 is 50.7 Å². The summed E-state index contributed by atoms with van der Waals surface area (Å²) < 4.78 is 0. The van der Waals surface area contributed by atoms with Crippen LogP contribution in [-0.2, 0) is 25.8 Å². The third-order valence-electron chi connectivity index (χ3n) is 4.79. The first-order chi connectivity index (χ1) is 12.5. The average molecular weight is 588 g/mol. The largest absolute Gasteiger partial charge is 4.00 e. The summed E-state index contributed by atoms with van der Waals surface area (Å²) in [6, 6.07) is 30.2. The Kier molecular flexibility index (Phi) is 12.4. The molecule has 4 aromatic carbocycles. The van der Waals surface area contributed by atoms with Gasteiger partial charge in [-0.25, -0.2) is 0 Å². The molecular formula is C26H26Cl2Hf. The zero-order valence-electron chi connectivity index (χ0n) is 17.3. The van der Waals surface area contributed by atoms with Gasteiger partial charge in [-0.2, -0.15) is 12.1 Å². The van der Waals surface area contributed by atoms with E-state index in [2.05, 4.69) is 113 Å². The van der Waals surface area contributed by atoms with E-state index in [0.29, 0.717) is 0 Å². The van der Waals surface area contributed by atoms with E-state index < -0.39 is 0 Å². The molecule has 0 bridgehead atoms. The minimum atomic E-state index is 0. The maximum Gasteiger partial charge on any atom is 4.00 e. The second-order valence-electron chi connectivity index (χ2n) is 6.98. The van der Waals surface area contributed by atoms with Crippen molar-refractivity contribution in [2.75, 3.05) is 0 Å². The smallest absolute Gasteiger partial charge is 1.00 e. The van der Waals surface area contributed by atoms with Crippen molar-refractivity contribution in [3.05, 3.63) is 107 Å². The van der Waals surface area contributed by atoms with Crippen molar-refractivity contribution in [1.82, 2.24) is 0 Å². The Morgan fingerprint density at radius 1 is 0.483 bits per heavy atom. The fourth-order valence-corrected chi connectivity index (χ4v) is 3.13. The first kappa shape index (κ1) is 27.6. The van der Waals surface area contributed by atoms with E-state index in [-0.39, 0.29) is 50.7 Å². The summed E-state index contributed by atoms with van der Waals surface area (Å²) in [4.78, 5) is 0. The van der Waals surface area contributed by atoms with Crippen LogP contribution in [0.4, 0.5) is 0 Å². The van der Waals surface area contributed by atoms with Crippen LogP contribution in [0.15, 0.2) is 84.9 Å². The second kappa shape index (κ2) is 13.0. The van der Waals surface area contributed by atoms with E-state index >= 15 is 0 Å². The quantitative estimate of drug-likeness (QED) is 0.246. The fraction of sp³-hybridized carbons (Fsp3) is 0.154. The molecule has 0 atom stereocenters. The molecule has 4 aromatic rings. The molecule has 0 amide bonds. The normalized spacial score (nSPS) is 9.24. The number of rotatable bonds is 2. The number of hydrogen-bond acceptors (Lipinski definition) is 0. The molecule has 0 spiro atoms. The van der Waals surface area contributed by atoms with Crippen LogP contribution < -0.4 is 24.8 Å². The van der Waals surface area contributed by atoms with Gasteiger partial charge in [-0.15, -0.1) is 70.8 Å². The first-order valence-corrected chi connectivity index (χ1v) is 9.13. The molecule has 3 heteroatoms. The van der Waals surface area contributed by atoms with Gasteiger partial charge in [0.25, 0.3) is 0 Å². The maximum absolute atomic E-state index is 2.18. The second-order valence-corrected chi connectivity index (χ2v) is 6.98. The van der Waals surface area contributed by atoms with Crippen LogP contribution in [0, 0.1) is 27.7 Å². The molecule has 0 saturated heterocycles. The van der Waals surface area contributed by atoms with Crippen LogP contribution in [0.2, 0.25) is 0 Å². The van der Waals surface area contributed by atoms with Crippen molar-refractivity contribution >= 4 is 0 Å². The monoisotopic (exact) mass is 588 g/mol. The zero-order chi connectivity index (χ0) is 18.5. The molecule has 0 N–H and O–H groups in total. The van der Waals surface area contributed by atoms with Gasteiger partial charge in [-0.3, -0.25) is 0 Å². The van der Waals surface area contributed by atoms with Crippen LogP contribution in [0.3, 0.4) is 0 Å². The standard InChI is InChI=1S/2C13H13.2ClH.Hf/c2*1-10-6-8-12(9-7-10)13-5-3-4-11(13)2;;;/h2*3-9H,1-2H3;2*1H;/q2*-1;;;+4/p-2. The third kappa shape index (κ3) is 7.41. The summed E-state index contributed by atoms with van der Waals surface area (Å²) >= 11 is 0. The van der Waals surface area contributed by atoms with E-state index in [1.54, 1.807) is 0 Å². The molecule has 4 rings (SSSR count). The van der Waals surface area contributed by atoms with E-state index in [1.807, 2.05) is 0 Å². The van der Waals surface area contributed by atoms with E-state index in [4.69, 9.17) is 0 Å². The van der Waals surface area contributed by atoms with Gasteiger partial charge in [0.1, 0.15) is 0 Å². The van der Waals surface area contributed by atoms with Crippen LogP contribution in [0.1, 0.15) is 22.3 Å². The summed E-state index contributed by atoms with van der Waals surface area (Å²) in [6.07, 6.45) is 0. The van der Waals surface area contributed by atoms with Crippen LogP contribution >= 0.6 is 0 Å². The summed E-state index contributed by atoms with van der Waals surface area (Å²) in [6.45, 7) is 8.52. The van der Waals surface area contributed by atoms with Gasteiger partial charge in [0.15, 0.2) is 0 Å². The van der Waals surface area contributed by atoms with Gasteiger partial charge in [-0.1, -0.05) is 60.4 Å². The molecular weight excluding hydrogens is 562 g/mol. The minimum Gasteiger partial charge on any atom is -1.00 e. The van der Waals surface area contributed by atoms with Crippen LogP contribution in [0.25, 0.3) is 22.3 Å². The predicted molar refractivity (Wildman–Crippen MR) is 114 cm³/mol. The van der Waals surface area contributed by atoms with Crippen molar-refractivity contribution in [3.8, 4) is 22.3 Å². The Labute approximate surface area is 206 Å². The number of hydrogen-bond donors (Lipinski definition) is 0. The van der Waals surface area contributed by atoms with Gasteiger partial charge in [0.2, 0.25) is 0 Å². The molecule has 0 nitrogen and oxygen atoms in total.